The SMILES string of the molecule is Brc1ccc(Oc2cc(Br)nc(C3CC3)n2)cc1. The van der Waals surface area contributed by atoms with Crippen molar-refractivity contribution < 1.29 is 4.74 Å². The van der Waals surface area contributed by atoms with Crippen LogP contribution >= 0.6 is 31.9 Å². The van der Waals surface area contributed by atoms with E-state index in [9.17, 15) is 0 Å². The Labute approximate surface area is 122 Å². The van der Waals surface area contributed by atoms with E-state index in [1.807, 2.05) is 24.3 Å². The van der Waals surface area contributed by atoms with Crippen LogP contribution in [-0.2, 0) is 0 Å². The highest BCUT2D eigenvalue weighted by Gasteiger charge is 2.27. The summed E-state index contributed by atoms with van der Waals surface area (Å²) in [5.41, 5.74) is 0. The maximum atomic E-state index is 5.73. The van der Waals surface area contributed by atoms with Crippen LogP contribution in [0.15, 0.2) is 39.4 Å². The van der Waals surface area contributed by atoms with E-state index in [0.29, 0.717) is 11.8 Å². The summed E-state index contributed by atoms with van der Waals surface area (Å²) in [5.74, 6) is 2.73. The number of halogens is 2. The molecule has 1 fully saturated rings. The van der Waals surface area contributed by atoms with Gasteiger partial charge in [-0.05, 0) is 53.0 Å². The zero-order valence-electron chi connectivity index (χ0n) is 9.44. The molecule has 0 bridgehead atoms. The predicted octanol–water partition coefficient (Wildman–Crippen LogP) is 4.67. The topological polar surface area (TPSA) is 35.0 Å². The van der Waals surface area contributed by atoms with Crippen molar-refractivity contribution >= 4 is 31.9 Å². The normalized spacial score (nSPS) is 14.6. The van der Waals surface area contributed by atoms with Crippen molar-refractivity contribution in [3.63, 3.8) is 0 Å². The highest BCUT2D eigenvalue weighted by molar-refractivity contribution is 9.10. The second kappa shape index (κ2) is 4.97. The molecule has 1 aromatic carbocycles. The van der Waals surface area contributed by atoms with Crippen molar-refractivity contribution in [3.8, 4) is 11.6 Å². The lowest BCUT2D eigenvalue weighted by atomic mass is 10.3. The summed E-state index contributed by atoms with van der Waals surface area (Å²) in [5, 5.41) is 0. The van der Waals surface area contributed by atoms with Gasteiger partial charge in [0.05, 0.1) is 0 Å². The van der Waals surface area contributed by atoms with Crippen LogP contribution < -0.4 is 4.74 Å². The number of rotatable bonds is 3. The molecule has 0 radical (unpaired) electrons. The fraction of sp³-hybridized carbons (Fsp3) is 0.231. The first-order chi connectivity index (χ1) is 8.70. The quantitative estimate of drug-likeness (QED) is 0.737. The van der Waals surface area contributed by atoms with Gasteiger partial charge in [-0.15, -0.1) is 0 Å². The van der Waals surface area contributed by atoms with Gasteiger partial charge in [-0.25, -0.2) is 4.98 Å². The molecule has 3 nitrogen and oxygen atoms in total. The Bertz CT molecular complexity index is 568. The van der Waals surface area contributed by atoms with Crippen LogP contribution in [0.4, 0.5) is 0 Å². The maximum absolute atomic E-state index is 5.73. The molecule has 1 saturated carbocycles. The molecule has 0 unspecified atom stereocenters. The number of hydrogen-bond donors (Lipinski definition) is 0. The summed E-state index contributed by atoms with van der Waals surface area (Å²) >= 11 is 6.79. The lowest BCUT2D eigenvalue weighted by Gasteiger charge is -2.06. The predicted molar refractivity (Wildman–Crippen MR) is 75.9 cm³/mol. The molecule has 0 spiro atoms. The molecule has 1 aliphatic rings. The second-order valence-corrected chi connectivity index (χ2v) is 5.95. The van der Waals surface area contributed by atoms with Crippen LogP contribution in [0.1, 0.15) is 24.6 Å². The Hall–Kier alpha value is -0.940. The average Bonchev–Trinajstić information content (AvgIpc) is 3.15. The first kappa shape index (κ1) is 12.1. The lowest BCUT2D eigenvalue weighted by molar-refractivity contribution is 0.457. The average molecular weight is 370 g/mol. The van der Waals surface area contributed by atoms with Crippen molar-refractivity contribution in [2.24, 2.45) is 0 Å². The minimum Gasteiger partial charge on any atom is -0.439 e. The monoisotopic (exact) mass is 368 g/mol. The van der Waals surface area contributed by atoms with Gasteiger partial charge < -0.3 is 4.74 Å². The number of benzene rings is 1. The molecule has 0 N–H and O–H groups in total. The summed E-state index contributed by atoms with van der Waals surface area (Å²) in [6.07, 6.45) is 2.35. The van der Waals surface area contributed by atoms with Crippen LogP contribution in [0.5, 0.6) is 11.6 Å². The summed E-state index contributed by atoms with van der Waals surface area (Å²) in [4.78, 5) is 8.81. The van der Waals surface area contributed by atoms with Crippen molar-refractivity contribution in [1.82, 2.24) is 9.97 Å². The van der Waals surface area contributed by atoms with Crippen LogP contribution in [-0.4, -0.2) is 9.97 Å². The zero-order chi connectivity index (χ0) is 12.5. The summed E-state index contributed by atoms with van der Waals surface area (Å²) in [7, 11) is 0. The van der Waals surface area contributed by atoms with Crippen molar-refractivity contribution in [2.75, 3.05) is 0 Å². The molecule has 5 heteroatoms. The fourth-order valence-electron chi connectivity index (χ4n) is 1.61. The van der Waals surface area contributed by atoms with E-state index in [1.54, 1.807) is 6.07 Å². The van der Waals surface area contributed by atoms with Gasteiger partial charge in [-0.1, -0.05) is 15.9 Å². The van der Waals surface area contributed by atoms with E-state index in [-0.39, 0.29) is 0 Å². The van der Waals surface area contributed by atoms with Gasteiger partial charge in [-0.2, -0.15) is 4.98 Å². The molecule has 1 aliphatic carbocycles. The van der Waals surface area contributed by atoms with Crippen molar-refractivity contribution in [3.05, 3.63) is 45.2 Å². The Kier molecular flexibility index (Phi) is 3.35. The van der Waals surface area contributed by atoms with Gasteiger partial charge in [0.25, 0.3) is 0 Å². The zero-order valence-corrected chi connectivity index (χ0v) is 12.6. The Morgan fingerprint density at radius 3 is 2.44 bits per heavy atom. The van der Waals surface area contributed by atoms with Gasteiger partial charge in [-0.3, -0.25) is 0 Å². The van der Waals surface area contributed by atoms with E-state index >= 15 is 0 Å². The van der Waals surface area contributed by atoms with Crippen LogP contribution in [0.25, 0.3) is 0 Å². The van der Waals surface area contributed by atoms with E-state index in [4.69, 9.17) is 4.74 Å². The fourth-order valence-corrected chi connectivity index (χ4v) is 2.26. The third-order valence-corrected chi connectivity index (χ3v) is 3.60. The molecule has 92 valence electrons. The minimum absolute atomic E-state index is 0.509. The molecular formula is C13H10Br2N2O. The number of hydrogen-bond acceptors (Lipinski definition) is 3. The third kappa shape index (κ3) is 2.90. The highest BCUT2D eigenvalue weighted by atomic mass is 79.9. The molecule has 3 rings (SSSR count). The third-order valence-electron chi connectivity index (χ3n) is 2.67. The standard InChI is InChI=1S/C13H10Br2N2O/c14-9-3-5-10(6-4-9)18-12-7-11(15)16-13(17-12)8-1-2-8/h3-8H,1-2H2. The second-order valence-electron chi connectivity index (χ2n) is 4.22. The molecule has 1 heterocycles. The molecular weight excluding hydrogens is 360 g/mol. The molecule has 0 saturated heterocycles. The molecule has 2 aromatic rings. The molecule has 0 amide bonds. The first-order valence-corrected chi connectivity index (χ1v) is 7.27. The van der Waals surface area contributed by atoms with Crippen LogP contribution in [0, 0.1) is 0 Å². The van der Waals surface area contributed by atoms with E-state index < -0.39 is 0 Å². The van der Waals surface area contributed by atoms with Gasteiger partial charge in [0, 0.05) is 16.5 Å². The van der Waals surface area contributed by atoms with E-state index in [1.165, 1.54) is 12.8 Å². The smallest absolute Gasteiger partial charge is 0.223 e. The Morgan fingerprint density at radius 1 is 1.06 bits per heavy atom. The number of aromatic nitrogens is 2. The van der Waals surface area contributed by atoms with E-state index in [2.05, 4.69) is 41.8 Å². The van der Waals surface area contributed by atoms with Gasteiger partial charge in [0.1, 0.15) is 16.2 Å². The van der Waals surface area contributed by atoms with Gasteiger partial charge in [0.2, 0.25) is 5.88 Å². The van der Waals surface area contributed by atoms with E-state index in [0.717, 1.165) is 20.6 Å². The molecule has 0 atom stereocenters. The Balaban J connectivity index is 1.85. The van der Waals surface area contributed by atoms with Crippen LogP contribution in [0.3, 0.4) is 0 Å². The molecule has 1 aromatic heterocycles. The lowest BCUT2D eigenvalue weighted by Crippen LogP contribution is -1.96. The molecule has 0 aliphatic heterocycles. The summed E-state index contributed by atoms with van der Waals surface area (Å²) < 4.78 is 7.53. The van der Waals surface area contributed by atoms with Crippen molar-refractivity contribution in [2.45, 2.75) is 18.8 Å². The van der Waals surface area contributed by atoms with Gasteiger partial charge in [0.15, 0.2) is 0 Å². The first-order valence-electron chi connectivity index (χ1n) is 5.68. The summed E-state index contributed by atoms with van der Waals surface area (Å²) in [6.45, 7) is 0. The van der Waals surface area contributed by atoms with Crippen LogP contribution in [0.2, 0.25) is 0 Å². The van der Waals surface area contributed by atoms with Crippen molar-refractivity contribution in [1.29, 1.82) is 0 Å². The highest BCUT2D eigenvalue weighted by Crippen LogP contribution is 2.39. The minimum atomic E-state index is 0.509. The molecule has 18 heavy (non-hydrogen) atoms. The largest absolute Gasteiger partial charge is 0.439 e. The Morgan fingerprint density at radius 2 is 1.78 bits per heavy atom. The van der Waals surface area contributed by atoms with Gasteiger partial charge >= 0.3 is 0 Å². The number of ether oxygens (including phenoxy) is 1. The maximum Gasteiger partial charge on any atom is 0.223 e. The summed E-state index contributed by atoms with van der Waals surface area (Å²) in [6, 6.07) is 9.46. The number of nitrogens with zero attached hydrogens (tertiary/aromatic N) is 2.